The molecule has 0 aliphatic carbocycles. The number of fused-ring (bicyclic) bond motifs is 1. The molecule has 0 unspecified atom stereocenters. The molecule has 3 aromatic rings. The smallest absolute Gasteiger partial charge is 0.336 e. The lowest BCUT2D eigenvalue weighted by molar-refractivity contribution is -0.170. The van der Waals surface area contributed by atoms with Crippen molar-refractivity contribution in [2.45, 2.75) is 38.1 Å². The average molecular weight is 556 g/mol. The largest absolute Gasteiger partial charge is 0.481 e. The summed E-state index contributed by atoms with van der Waals surface area (Å²) in [4.78, 5) is 45.7. The lowest BCUT2D eigenvalue weighted by atomic mass is 9.96. The number of carbonyl (C=O) groups is 3. The van der Waals surface area contributed by atoms with E-state index < -0.39 is 36.4 Å². The number of benzene rings is 1. The molecule has 2 aromatic heterocycles. The van der Waals surface area contributed by atoms with Gasteiger partial charge in [-0.15, -0.1) is 0 Å². The molecule has 0 radical (unpaired) electrons. The molecule has 4 rings (SSSR count). The van der Waals surface area contributed by atoms with Gasteiger partial charge in [0.15, 0.2) is 17.1 Å². The highest BCUT2D eigenvalue weighted by Crippen LogP contribution is 2.33. The number of carboxylic acids is 3. The van der Waals surface area contributed by atoms with Gasteiger partial charge in [-0.25, -0.2) is 14.8 Å². The predicted molar refractivity (Wildman–Crippen MR) is 138 cm³/mol. The van der Waals surface area contributed by atoms with Crippen LogP contribution in [-0.4, -0.2) is 77.6 Å². The Morgan fingerprint density at radius 3 is 2.10 bits per heavy atom. The third-order valence-corrected chi connectivity index (χ3v) is 5.59. The summed E-state index contributed by atoms with van der Waals surface area (Å²) in [6.07, 6.45) is 5.11. The third-order valence-electron chi connectivity index (χ3n) is 5.59. The maximum atomic E-state index is 10.3. The van der Waals surface area contributed by atoms with Crippen molar-refractivity contribution in [3.63, 3.8) is 0 Å². The van der Waals surface area contributed by atoms with Crippen LogP contribution in [0.4, 0.5) is 5.95 Å². The lowest BCUT2D eigenvalue weighted by Gasteiger charge is -2.22. The number of anilines is 1. The molecule has 14 nitrogen and oxygen atoms in total. The van der Waals surface area contributed by atoms with Crippen LogP contribution in [0.2, 0.25) is 0 Å². The van der Waals surface area contributed by atoms with Crippen molar-refractivity contribution in [1.82, 2.24) is 19.9 Å². The lowest BCUT2D eigenvalue weighted by Crippen LogP contribution is -2.42. The van der Waals surface area contributed by atoms with Crippen LogP contribution in [0, 0.1) is 0 Å². The zero-order valence-corrected chi connectivity index (χ0v) is 21.6. The summed E-state index contributed by atoms with van der Waals surface area (Å²) in [5.74, 6) is -2.80. The van der Waals surface area contributed by atoms with E-state index >= 15 is 0 Å². The Morgan fingerprint density at radius 2 is 1.52 bits per heavy atom. The van der Waals surface area contributed by atoms with E-state index in [1.54, 1.807) is 6.20 Å². The van der Waals surface area contributed by atoms with Crippen molar-refractivity contribution in [2.24, 2.45) is 0 Å². The number of pyridine rings is 1. The first-order chi connectivity index (χ1) is 19.1. The molecule has 1 aromatic carbocycles. The minimum absolute atomic E-state index is 0.285. The quantitative estimate of drug-likeness (QED) is 0.215. The molecule has 0 saturated heterocycles. The number of aliphatic carboxylic acids is 3. The molecule has 14 heteroatoms. The zero-order chi connectivity index (χ0) is 29.1. The highest BCUT2D eigenvalue weighted by atomic mass is 16.7. The number of aromatic nitrogens is 3. The minimum Gasteiger partial charge on any atom is -0.481 e. The van der Waals surface area contributed by atoms with Gasteiger partial charge in [-0.1, -0.05) is 12.1 Å². The Balaban J connectivity index is 0.000000289. The van der Waals surface area contributed by atoms with Crippen LogP contribution in [0.1, 0.15) is 29.5 Å². The Labute approximate surface area is 228 Å². The van der Waals surface area contributed by atoms with Gasteiger partial charge in [0, 0.05) is 57.0 Å². The average Bonchev–Trinajstić information content (AvgIpc) is 3.37. The van der Waals surface area contributed by atoms with Gasteiger partial charge in [0.05, 0.1) is 12.8 Å². The van der Waals surface area contributed by atoms with E-state index in [4.69, 9.17) is 29.9 Å². The summed E-state index contributed by atoms with van der Waals surface area (Å²) < 4.78 is 10.9. The molecule has 0 bridgehead atoms. The topological polar surface area (TPSA) is 205 Å². The van der Waals surface area contributed by atoms with Crippen molar-refractivity contribution in [3.05, 3.63) is 71.8 Å². The van der Waals surface area contributed by atoms with Crippen LogP contribution < -0.4 is 14.8 Å². The Morgan fingerprint density at radius 1 is 0.900 bits per heavy atom. The van der Waals surface area contributed by atoms with E-state index in [2.05, 4.69) is 37.3 Å². The summed E-state index contributed by atoms with van der Waals surface area (Å²) in [7, 11) is 1.81. The molecule has 0 saturated carbocycles. The van der Waals surface area contributed by atoms with Gasteiger partial charge in [0.2, 0.25) is 12.7 Å². The highest BCUT2D eigenvalue weighted by molar-refractivity contribution is 5.88. The fourth-order valence-electron chi connectivity index (χ4n) is 3.75. The Kier molecular flexibility index (Phi) is 10.3. The van der Waals surface area contributed by atoms with E-state index in [1.807, 2.05) is 43.8 Å². The van der Waals surface area contributed by atoms with Crippen molar-refractivity contribution in [2.75, 3.05) is 19.2 Å². The van der Waals surface area contributed by atoms with Crippen molar-refractivity contribution >= 4 is 23.9 Å². The van der Waals surface area contributed by atoms with Crippen molar-refractivity contribution < 1.29 is 44.3 Å². The summed E-state index contributed by atoms with van der Waals surface area (Å²) >= 11 is 0. The second-order valence-electron chi connectivity index (χ2n) is 8.84. The van der Waals surface area contributed by atoms with Crippen LogP contribution in [0.5, 0.6) is 11.5 Å². The molecular formula is C26H29N5O9. The number of rotatable bonds is 12. The second kappa shape index (κ2) is 13.8. The van der Waals surface area contributed by atoms with Gasteiger partial charge in [-0.3, -0.25) is 19.5 Å². The molecule has 0 fully saturated rings. The fraction of sp³-hybridized carbons (Fsp3) is 0.308. The first-order valence-corrected chi connectivity index (χ1v) is 12.0. The second-order valence-corrected chi connectivity index (χ2v) is 8.84. The Bertz CT molecular complexity index is 1290. The van der Waals surface area contributed by atoms with Crippen molar-refractivity contribution in [3.8, 4) is 11.5 Å². The number of nitrogens with zero attached hydrogens (tertiary/aromatic N) is 4. The third kappa shape index (κ3) is 8.89. The molecule has 212 valence electrons. The number of hydrogen-bond donors (Lipinski definition) is 5. The van der Waals surface area contributed by atoms with E-state index in [-0.39, 0.29) is 6.79 Å². The monoisotopic (exact) mass is 555 g/mol. The standard InChI is InChI=1S/C20H21N5O2.C6H8O7/c1-21-20-23-9-17(10-24-20)13-25(12-16-3-2-6-22-8-16)11-15-4-5-18-19(7-15)27-14-26-18;7-3(8)1-6(13,5(11)12)2-4(9)10/h2-10H,11-14H2,1H3,(H,21,23,24);13H,1-2H2,(H,7,8)(H,9,10)(H,11,12). The van der Waals surface area contributed by atoms with E-state index in [9.17, 15) is 14.4 Å². The summed E-state index contributed by atoms with van der Waals surface area (Å²) in [5.41, 5.74) is 0.637. The van der Waals surface area contributed by atoms with E-state index in [0.717, 1.165) is 47.8 Å². The summed E-state index contributed by atoms with van der Waals surface area (Å²) in [6, 6.07) is 10.1. The molecule has 3 heterocycles. The molecule has 1 aliphatic heterocycles. The molecule has 1 aliphatic rings. The van der Waals surface area contributed by atoms with Gasteiger partial charge in [0.1, 0.15) is 0 Å². The summed E-state index contributed by atoms with van der Waals surface area (Å²) in [6.45, 7) is 2.55. The van der Waals surface area contributed by atoms with Crippen molar-refractivity contribution in [1.29, 1.82) is 0 Å². The van der Waals surface area contributed by atoms with Gasteiger partial charge < -0.3 is 35.2 Å². The molecule has 0 atom stereocenters. The van der Waals surface area contributed by atoms with Gasteiger partial charge >= 0.3 is 17.9 Å². The number of aliphatic hydroxyl groups is 1. The van der Waals surface area contributed by atoms with Crippen LogP contribution in [0.3, 0.4) is 0 Å². The van der Waals surface area contributed by atoms with Gasteiger partial charge in [0.25, 0.3) is 0 Å². The SMILES string of the molecule is CNc1ncc(CN(Cc2cccnc2)Cc2ccc3c(c2)OCO3)cn1.O=C(O)CC(O)(CC(=O)O)C(=O)O. The number of nitrogens with one attached hydrogen (secondary N) is 1. The highest BCUT2D eigenvalue weighted by Gasteiger charge is 2.40. The van der Waals surface area contributed by atoms with Crippen LogP contribution >= 0.6 is 0 Å². The predicted octanol–water partition coefficient (Wildman–Crippen LogP) is 1.60. The number of hydrogen-bond acceptors (Lipinski definition) is 11. The van der Waals surface area contributed by atoms with Gasteiger partial charge in [-0.2, -0.15) is 0 Å². The van der Waals surface area contributed by atoms with E-state index in [1.165, 1.54) is 0 Å². The number of carboxylic acid groups (broad SMARTS) is 3. The molecule has 5 N–H and O–H groups in total. The normalized spacial score (nSPS) is 11.9. The molecule has 0 amide bonds. The minimum atomic E-state index is -2.74. The number of ether oxygens (including phenoxy) is 2. The molecular weight excluding hydrogens is 526 g/mol. The van der Waals surface area contributed by atoms with Gasteiger partial charge in [-0.05, 0) is 29.3 Å². The Hall–Kier alpha value is -4.82. The first kappa shape index (κ1) is 29.7. The molecule has 0 spiro atoms. The zero-order valence-electron chi connectivity index (χ0n) is 21.6. The maximum absolute atomic E-state index is 10.3. The van der Waals surface area contributed by atoms with Crippen LogP contribution in [0.15, 0.2) is 55.1 Å². The summed E-state index contributed by atoms with van der Waals surface area (Å²) in [5, 5.41) is 36.8. The van der Waals surface area contributed by atoms with Crippen LogP contribution in [-0.2, 0) is 34.0 Å². The fourth-order valence-corrected chi connectivity index (χ4v) is 3.75. The molecule has 40 heavy (non-hydrogen) atoms. The van der Waals surface area contributed by atoms with Crippen LogP contribution in [0.25, 0.3) is 0 Å². The van der Waals surface area contributed by atoms with E-state index in [0.29, 0.717) is 5.95 Å². The first-order valence-electron chi connectivity index (χ1n) is 12.0. The maximum Gasteiger partial charge on any atom is 0.336 e.